The maximum Gasteiger partial charge on any atom is 0.235 e. The van der Waals surface area contributed by atoms with Crippen molar-refractivity contribution in [2.75, 3.05) is 25.0 Å². The van der Waals surface area contributed by atoms with E-state index in [1.54, 1.807) is 4.68 Å². The third kappa shape index (κ3) is 6.03. The first-order valence-electron chi connectivity index (χ1n) is 12.8. The molecule has 2 aliphatic rings. The predicted octanol–water partition coefficient (Wildman–Crippen LogP) is 3.86. The number of aromatic nitrogens is 2. The maximum atomic E-state index is 12.6. The Hall–Kier alpha value is -2.74. The third-order valence-corrected chi connectivity index (χ3v) is 7.06. The molecule has 2 saturated heterocycles. The average Bonchev–Trinajstić information content (AvgIpc) is 3.16. The van der Waals surface area contributed by atoms with Gasteiger partial charge in [-0.3, -0.25) is 24.4 Å². The van der Waals surface area contributed by atoms with E-state index < -0.39 is 5.92 Å². The second-order valence-electron chi connectivity index (χ2n) is 9.68. The first-order valence-corrected chi connectivity index (χ1v) is 12.8. The summed E-state index contributed by atoms with van der Waals surface area (Å²) in [7, 11) is 1.82. The molecule has 4 rings (SSSR count). The molecule has 8 nitrogen and oxygen atoms in total. The van der Waals surface area contributed by atoms with Crippen LogP contribution >= 0.6 is 0 Å². The lowest BCUT2D eigenvalue weighted by Crippen LogP contribution is -2.39. The van der Waals surface area contributed by atoms with Crippen LogP contribution in [0.15, 0.2) is 18.2 Å². The molecule has 2 N–H and O–H groups in total. The topological polar surface area (TPSA) is 96.3 Å². The van der Waals surface area contributed by atoms with Crippen molar-refractivity contribution in [3.8, 4) is 0 Å². The van der Waals surface area contributed by atoms with Crippen LogP contribution in [0.2, 0.25) is 0 Å². The highest BCUT2D eigenvalue weighted by atomic mass is 16.2. The number of amides is 3. The number of nitrogens with zero attached hydrogens (tertiary/aromatic N) is 3. The van der Waals surface area contributed by atoms with Crippen LogP contribution in [0.1, 0.15) is 82.2 Å². The minimum absolute atomic E-state index is 0.00423. The molecule has 1 atom stereocenters. The molecule has 3 amide bonds. The van der Waals surface area contributed by atoms with E-state index in [1.165, 1.54) is 58.2 Å². The van der Waals surface area contributed by atoms with Crippen LogP contribution in [0.25, 0.3) is 10.9 Å². The number of anilines is 1. The van der Waals surface area contributed by atoms with Gasteiger partial charge in [-0.15, -0.1) is 0 Å². The zero-order valence-corrected chi connectivity index (χ0v) is 20.3. The molecule has 0 saturated carbocycles. The van der Waals surface area contributed by atoms with Gasteiger partial charge in [0.25, 0.3) is 0 Å². The van der Waals surface area contributed by atoms with Crippen LogP contribution in [0.3, 0.4) is 0 Å². The van der Waals surface area contributed by atoms with Gasteiger partial charge in [0.05, 0.1) is 22.8 Å². The van der Waals surface area contributed by atoms with Crippen molar-refractivity contribution in [3.63, 3.8) is 0 Å². The van der Waals surface area contributed by atoms with E-state index >= 15 is 0 Å². The summed E-state index contributed by atoms with van der Waals surface area (Å²) in [5.41, 5.74) is 2.16. The number of aryl methyl sites for hydroxylation is 1. The number of imide groups is 1. The van der Waals surface area contributed by atoms with E-state index in [-0.39, 0.29) is 17.7 Å². The van der Waals surface area contributed by atoms with Crippen molar-refractivity contribution in [1.82, 2.24) is 20.0 Å². The number of rotatable bonds is 10. The number of likely N-dealkylation sites (tertiary alicyclic amines) is 1. The standard InChI is InChI=1S/C26H37N5O3/c1-30-25-19(24(29-30)20-14-15-23(33)28-26(20)34)11-10-12-21(25)27-22(32)13-6-3-2-4-7-16-31-17-8-5-9-18-31/h10-12,20H,2-9,13-18H2,1H3,(H,27,32)(H,28,33,34). The molecular formula is C26H37N5O3. The van der Waals surface area contributed by atoms with E-state index in [0.717, 1.165) is 23.7 Å². The molecule has 184 valence electrons. The lowest BCUT2D eigenvalue weighted by molar-refractivity contribution is -0.134. The van der Waals surface area contributed by atoms with E-state index in [9.17, 15) is 14.4 Å². The second-order valence-corrected chi connectivity index (χ2v) is 9.68. The van der Waals surface area contributed by atoms with Crippen molar-refractivity contribution in [2.24, 2.45) is 7.05 Å². The Morgan fingerprint density at radius 2 is 1.85 bits per heavy atom. The molecule has 0 radical (unpaired) electrons. The molecule has 0 bridgehead atoms. The Kier molecular flexibility index (Phi) is 8.32. The molecule has 0 spiro atoms. The Labute approximate surface area is 201 Å². The highest BCUT2D eigenvalue weighted by molar-refractivity contribution is 6.05. The van der Waals surface area contributed by atoms with Crippen molar-refractivity contribution < 1.29 is 14.4 Å². The smallest absolute Gasteiger partial charge is 0.235 e. The summed E-state index contributed by atoms with van der Waals surface area (Å²) in [4.78, 5) is 39.1. The number of nitrogens with one attached hydrogen (secondary N) is 2. The first-order chi connectivity index (χ1) is 16.5. The summed E-state index contributed by atoms with van der Waals surface area (Å²) in [5.74, 6) is -0.995. The van der Waals surface area contributed by atoms with Crippen LogP contribution in [0, 0.1) is 0 Å². The molecule has 8 heteroatoms. The number of hydrogen-bond donors (Lipinski definition) is 2. The van der Waals surface area contributed by atoms with Gasteiger partial charge in [-0.05, 0) is 57.8 Å². The van der Waals surface area contributed by atoms with Gasteiger partial charge in [0.1, 0.15) is 0 Å². The highest BCUT2D eigenvalue weighted by Crippen LogP contribution is 2.33. The van der Waals surface area contributed by atoms with E-state index in [0.29, 0.717) is 30.6 Å². The molecule has 1 unspecified atom stereocenters. The molecule has 3 heterocycles. The maximum absolute atomic E-state index is 12.6. The van der Waals surface area contributed by atoms with Gasteiger partial charge in [-0.2, -0.15) is 5.10 Å². The summed E-state index contributed by atoms with van der Waals surface area (Å²) in [6, 6.07) is 5.66. The summed E-state index contributed by atoms with van der Waals surface area (Å²) in [6.45, 7) is 3.74. The van der Waals surface area contributed by atoms with Crippen LogP contribution in [-0.2, 0) is 21.4 Å². The minimum atomic E-state index is -0.456. The van der Waals surface area contributed by atoms with Gasteiger partial charge in [0.15, 0.2) is 0 Å². The molecule has 2 aliphatic heterocycles. The number of piperidine rings is 2. The molecule has 34 heavy (non-hydrogen) atoms. The quantitative estimate of drug-likeness (QED) is 0.409. The minimum Gasteiger partial charge on any atom is -0.324 e. The second kappa shape index (κ2) is 11.6. The molecule has 2 aromatic rings. The lowest BCUT2D eigenvalue weighted by atomic mass is 9.92. The van der Waals surface area contributed by atoms with Gasteiger partial charge in [-0.25, -0.2) is 0 Å². The number of carbonyl (C=O) groups is 3. The average molecular weight is 468 g/mol. The molecule has 0 aliphatic carbocycles. The summed E-state index contributed by atoms with van der Waals surface area (Å²) < 4.78 is 1.71. The Morgan fingerprint density at radius 3 is 2.65 bits per heavy atom. The van der Waals surface area contributed by atoms with Crippen molar-refractivity contribution in [3.05, 3.63) is 23.9 Å². The van der Waals surface area contributed by atoms with Gasteiger partial charge >= 0.3 is 0 Å². The van der Waals surface area contributed by atoms with E-state index in [2.05, 4.69) is 20.6 Å². The zero-order chi connectivity index (χ0) is 23.9. The lowest BCUT2D eigenvalue weighted by Gasteiger charge is -2.26. The summed E-state index contributed by atoms with van der Waals surface area (Å²) >= 11 is 0. The monoisotopic (exact) mass is 467 g/mol. The van der Waals surface area contributed by atoms with Crippen molar-refractivity contribution in [2.45, 2.75) is 76.5 Å². The van der Waals surface area contributed by atoms with Gasteiger partial charge < -0.3 is 10.2 Å². The summed E-state index contributed by atoms with van der Waals surface area (Å²) in [5, 5.41) is 10.9. The fourth-order valence-corrected chi connectivity index (χ4v) is 5.22. The van der Waals surface area contributed by atoms with Crippen LogP contribution in [0.5, 0.6) is 0 Å². The normalized spacial score (nSPS) is 19.4. The molecule has 2 fully saturated rings. The number of benzene rings is 1. The van der Waals surface area contributed by atoms with Crippen LogP contribution in [-0.4, -0.2) is 52.0 Å². The van der Waals surface area contributed by atoms with Gasteiger partial charge in [0, 0.05) is 25.3 Å². The van der Waals surface area contributed by atoms with Gasteiger partial charge in [-0.1, -0.05) is 37.8 Å². The molecule has 1 aromatic heterocycles. The molecule has 1 aromatic carbocycles. The third-order valence-electron chi connectivity index (χ3n) is 7.06. The Bertz CT molecular complexity index is 1020. The van der Waals surface area contributed by atoms with Crippen molar-refractivity contribution in [1.29, 1.82) is 0 Å². The molecular weight excluding hydrogens is 430 g/mol. The Morgan fingerprint density at radius 1 is 1.09 bits per heavy atom. The van der Waals surface area contributed by atoms with E-state index in [4.69, 9.17) is 0 Å². The SMILES string of the molecule is Cn1nc(C2CCC(=O)NC2=O)c2cccc(NC(=O)CCCCCCCN3CCCCC3)c21. The summed E-state index contributed by atoms with van der Waals surface area (Å²) in [6.07, 6.45) is 11.0. The van der Waals surface area contributed by atoms with Crippen LogP contribution in [0.4, 0.5) is 5.69 Å². The van der Waals surface area contributed by atoms with Gasteiger partial charge in [0.2, 0.25) is 17.7 Å². The van der Waals surface area contributed by atoms with Crippen molar-refractivity contribution >= 4 is 34.3 Å². The number of fused-ring (bicyclic) bond motifs is 1. The van der Waals surface area contributed by atoms with E-state index in [1.807, 2.05) is 25.2 Å². The number of hydrogen-bond acceptors (Lipinski definition) is 5. The number of para-hydroxylation sites is 1. The first kappa shape index (κ1) is 24.4. The van der Waals surface area contributed by atoms with Crippen LogP contribution < -0.4 is 10.6 Å². The number of unbranched alkanes of at least 4 members (excludes halogenated alkanes) is 4. The fraction of sp³-hybridized carbons (Fsp3) is 0.615. The Balaban J connectivity index is 1.26. The number of carbonyl (C=O) groups excluding carboxylic acids is 3. The zero-order valence-electron chi connectivity index (χ0n) is 20.3. The highest BCUT2D eigenvalue weighted by Gasteiger charge is 2.32. The predicted molar refractivity (Wildman–Crippen MR) is 132 cm³/mol. The largest absolute Gasteiger partial charge is 0.324 e. The fourth-order valence-electron chi connectivity index (χ4n) is 5.22.